The van der Waals surface area contributed by atoms with E-state index in [0.717, 1.165) is 11.7 Å². The molecule has 0 fully saturated rings. The quantitative estimate of drug-likeness (QED) is 0.431. The summed E-state index contributed by atoms with van der Waals surface area (Å²) in [7, 11) is 11.7. The first-order valence-corrected chi connectivity index (χ1v) is 5.44. The lowest BCUT2D eigenvalue weighted by Crippen LogP contribution is -2.34. The zero-order valence-electron chi connectivity index (χ0n) is 11.4. The summed E-state index contributed by atoms with van der Waals surface area (Å²) in [4.78, 5) is 8.12. The van der Waals surface area contributed by atoms with Gasteiger partial charge in [-0.3, -0.25) is 0 Å². The van der Waals surface area contributed by atoms with E-state index >= 15 is 0 Å². The molecule has 1 heterocycles. The molecule has 0 aromatic carbocycles. The molecule has 0 unspecified atom stereocenters. The van der Waals surface area contributed by atoms with E-state index in [0.29, 0.717) is 5.88 Å². The normalized spacial score (nSPS) is 9.76. The van der Waals surface area contributed by atoms with Gasteiger partial charge in [0.15, 0.2) is 0 Å². The maximum Gasteiger partial charge on any atom is 0.452 e. The van der Waals surface area contributed by atoms with Crippen molar-refractivity contribution in [2.75, 3.05) is 47.2 Å². The van der Waals surface area contributed by atoms with Crippen LogP contribution in [0.3, 0.4) is 0 Å². The van der Waals surface area contributed by atoms with Gasteiger partial charge < -0.3 is 9.64 Å². The Balaban J connectivity index is 2.95. The van der Waals surface area contributed by atoms with Gasteiger partial charge in [0, 0.05) is 32.0 Å². The molecule has 0 saturated heterocycles. The number of aromatic nitrogens is 1. The second kappa shape index (κ2) is 5.52. The van der Waals surface area contributed by atoms with Crippen LogP contribution in [-0.4, -0.2) is 62.8 Å². The van der Waals surface area contributed by atoms with Crippen molar-refractivity contribution in [3.05, 3.63) is 18.3 Å². The molecule has 0 aliphatic carbocycles. The van der Waals surface area contributed by atoms with Crippen molar-refractivity contribution in [1.82, 2.24) is 9.88 Å². The third-order valence-electron chi connectivity index (χ3n) is 2.20. The van der Waals surface area contributed by atoms with Gasteiger partial charge in [-0.15, -0.1) is 0 Å². The van der Waals surface area contributed by atoms with E-state index in [1.165, 1.54) is 0 Å². The Hall–Kier alpha value is -1.78. The van der Waals surface area contributed by atoms with Gasteiger partial charge in [-0.25, -0.2) is 14.5 Å². The van der Waals surface area contributed by atoms with Crippen LogP contribution in [-0.2, 0) is 0 Å². The molecule has 0 N–H and O–H groups in total. The molecule has 0 saturated carbocycles. The van der Waals surface area contributed by atoms with Crippen molar-refractivity contribution >= 4 is 11.7 Å². The first kappa shape index (κ1) is 13.3. The highest BCUT2D eigenvalue weighted by Crippen LogP contribution is 2.16. The average molecular weight is 237 g/mol. The summed E-state index contributed by atoms with van der Waals surface area (Å²) in [5.74, 6) is 0.591. The van der Waals surface area contributed by atoms with Crippen LogP contribution >= 0.6 is 0 Å². The fourth-order valence-corrected chi connectivity index (χ4v) is 1.41. The van der Waals surface area contributed by atoms with Gasteiger partial charge in [-0.1, -0.05) is 0 Å². The van der Waals surface area contributed by atoms with Crippen LogP contribution in [0, 0.1) is 0 Å². The van der Waals surface area contributed by atoms with Gasteiger partial charge in [0.05, 0.1) is 28.2 Å². The molecule has 1 aromatic heterocycles. The molecule has 0 aliphatic heterocycles. The van der Waals surface area contributed by atoms with Crippen molar-refractivity contribution in [2.24, 2.45) is 0 Å². The largest absolute Gasteiger partial charge is 0.452 e. The predicted molar refractivity (Wildman–Crippen MR) is 70.0 cm³/mol. The standard InChI is InChI=1S/C12H21N4O/c1-14(2)10-7-8-13-11(9-10)17-12(15(3)4)16(5)6/h7-9H,1-6H3/q+1. The van der Waals surface area contributed by atoms with E-state index < -0.39 is 0 Å². The van der Waals surface area contributed by atoms with Gasteiger partial charge in [0.1, 0.15) is 0 Å². The molecule has 0 atom stereocenters. The number of nitrogens with zero attached hydrogens (tertiary/aromatic N) is 4. The number of ether oxygens (including phenoxy) is 1. The molecule has 5 nitrogen and oxygen atoms in total. The number of hydrogen-bond donors (Lipinski definition) is 0. The monoisotopic (exact) mass is 237 g/mol. The average Bonchev–Trinajstić information content (AvgIpc) is 2.25. The summed E-state index contributed by atoms with van der Waals surface area (Å²) in [5.41, 5.74) is 1.06. The second-order valence-corrected chi connectivity index (χ2v) is 4.42. The molecule has 0 bridgehead atoms. The minimum absolute atomic E-state index is 0.591. The number of amidine groups is 1. The molecule has 0 amide bonds. The Bertz CT molecular complexity index is 409. The Morgan fingerprint density at radius 2 is 1.88 bits per heavy atom. The minimum atomic E-state index is 0.591. The highest BCUT2D eigenvalue weighted by molar-refractivity contribution is 5.70. The topological polar surface area (TPSA) is 31.6 Å². The van der Waals surface area contributed by atoms with Crippen LogP contribution in [0.2, 0.25) is 0 Å². The van der Waals surface area contributed by atoms with E-state index in [1.54, 1.807) is 6.20 Å². The van der Waals surface area contributed by atoms with Crippen LogP contribution in [0.15, 0.2) is 18.3 Å². The maximum atomic E-state index is 5.76. The summed E-state index contributed by atoms with van der Waals surface area (Å²) in [6.45, 7) is 0. The van der Waals surface area contributed by atoms with E-state index in [4.69, 9.17) is 4.74 Å². The Morgan fingerprint density at radius 3 is 2.35 bits per heavy atom. The smallest absolute Gasteiger partial charge is 0.377 e. The molecule has 1 rings (SSSR count). The third-order valence-corrected chi connectivity index (χ3v) is 2.20. The number of anilines is 1. The van der Waals surface area contributed by atoms with E-state index in [9.17, 15) is 0 Å². The van der Waals surface area contributed by atoms with Gasteiger partial charge in [0.2, 0.25) is 5.88 Å². The fraction of sp³-hybridized carbons (Fsp3) is 0.500. The molecular formula is C12H21N4O+. The lowest BCUT2D eigenvalue weighted by atomic mass is 10.4. The molecular weight excluding hydrogens is 216 g/mol. The SMILES string of the molecule is CN(C)C(Oc1cc(N(C)C)ccn1)=[N+](C)C. The molecule has 1 aromatic rings. The molecule has 0 aliphatic rings. The van der Waals surface area contributed by atoms with Crippen LogP contribution in [0.5, 0.6) is 5.88 Å². The second-order valence-electron chi connectivity index (χ2n) is 4.42. The lowest BCUT2D eigenvalue weighted by molar-refractivity contribution is -0.478. The zero-order chi connectivity index (χ0) is 13.0. The Kier molecular flexibility index (Phi) is 4.31. The molecule has 0 spiro atoms. The van der Waals surface area contributed by atoms with Gasteiger partial charge in [0.25, 0.3) is 0 Å². The highest BCUT2D eigenvalue weighted by Gasteiger charge is 2.15. The molecule has 94 valence electrons. The number of rotatable bonds is 2. The first-order valence-electron chi connectivity index (χ1n) is 5.44. The van der Waals surface area contributed by atoms with E-state index in [-0.39, 0.29) is 0 Å². The first-order chi connectivity index (χ1) is 7.91. The van der Waals surface area contributed by atoms with E-state index in [1.807, 2.05) is 68.8 Å². The van der Waals surface area contributed by atoms with Crippen LogP contribution in [0.1, 0.15) is 0 Å². The van der Waals surface area contributed by atoms with Crippen molar-refractivity contribution in [1.29, 1.82) is 0 Å². The predicted octanol–water partition coefficient (Wildman–Crippen LogP) is 0.716. The van der Waals surface area contributed by atoms with Gasteiger partial charge in [-0.05, 0) is 6.07 Å². The van der Waals surface area contributed by atoms with Crippen molar-refractivity contribution in [3.63, 3.8) is 0 Å². The van der Waals surface area contributed by atoms with E-state index in [2.05, 4.69) is 4.98 Å². The third kappa shape index (κ3) is 3.62. The van der Waals surface area contributed by atoms with Crippen LogP contribution < -0.4 is 9.64 Å². The lowest BCUT2D eigenvalue weighted by Gasteiger charge is -2.14. The Labute approximate surface area is 103 Å². The summed E-state index contributed by atoms with van der Waals surface area (Å²) in [6.07, 6.45) is 1.74. The van der Waals surface area contributed by atoms with Crippen LogP contribution in [0.25, 0.3) is 0 Å². The fourth-order valence-electron chi connectivity index (χ4n) is 1.41. The van der Waals surface area contributed by atoms with Crippen molar-refractivity contribution in [2.45, 2.75) is 0 Å². The summed E-state index contributed by atoms with van der Waals surface area (Å²) >= 11 is 0. The minimum Gasteiger partial charge on any atom is -0.377 e. The molecule has 0 radical (unpaired) electrons. The highest BCUT2D eigenvalue weighted by atomic mass is 16.5. The van der Waals surface area contributed by atoms with Crippen molar-refractivity contribution in [3.8, 4) is 5.88 Å². The summed E-state index contributed by atoms with van der Waals surface area (Å²) < 4.78 is 7.67. The summed E-state index contributed by atoms with van der Waals surface area (Å²) in [5, 5.41) is 0. The van der Waals surface area contributed by atoms with Gasteiger partial charge >= 0.3 is 6.02 Å². The zero-order valence-corrected chi connectivity index (χ0v) is 11.4. The number of hydrogen-bond acceptors (Lipinski definition) is 3. The maximum absolute atomic E-state index is 5.76. The van der Waals surface area contributed by atoms with Crippen LogP contribution in [0.4, 0.5) is 5.69 Å². The number of pyridine rings is 1. The van der Waals surface area contributed by atoms with Crippen molar-refractivity contribution < 1.29 is 9.31 Å². The molecule has 17 heavy (non-hydrogen) atoms. The Morgan fingerprint density at radius 1 is 1.24 bits per heavy atom. The van der Waals surface area contributed by atoms with Gasteiger partial charge in [-0.2, -0.15) is 0 Å². The summed E-state index contributed by atoms with van der Waals surface area (Å²) in [6, 6.07) is 4.60. The molecule has 5 heteroatoms.